The molecule has 0 bridgehead atoms. The van der Waals surface area contributed by atoms with Crippen molar-refractivity contribution in [2.24, 2.45) is 0 Å². The summed E-state index contributed by atoms with van der Waals surface area (Å²) < 4.78 is 0. The van der Waals surface area contributed by atoms with Gasteiger partial charge in [0, 0.05) is 13.1 Å². The second-order valence-electron chi connectivity index (χ2n) is 2.85. The van der Waals surface area contributed by atoms with Crippen LogP contribution in [0, 0.1) is 0 Å². The molecule has 0 aromatic heterocycles. The lowest BCUT2D eigenvalue weighted by Crippen LogP contribution is -2.30. The number of hydrogen-bond acceptors (Lipinski definition) is 2. The van der Waals surface area contributed by atoms with Crippen molar-refractivity contribution in [2.75, 3.05) is 7.05 Å². The molecule has 1 rings (SSSR count). The smallest absolute Gasteiger partial charge is 0.0911 e. The van der Waals surface area contributed by atoms with Crippen LogP contribution in [0.4, 0.5) is 0 Å². The van der Waals surface area contributed by atoms with Crippen molar-refractivity contribution < 1.29 is 0 Å². The van der Waals surface area contributed by atoms with Crippen LogP contribution in [0.1, 0.15) is 25.7 Å². The summed E-state index contributed by atoms with van der Waals surface area (Å²) in [4.78, 5) is 0. The van der Waals surface area contributed by atoms with Gasteiger partial charge in [-0.1, -0.05) is 19.4 Å². The summed E-state index contributed by atoms with van der Waals surface area (Å²) >= 11 is 0. The average molecular weight is 140 g/mol. The lowest BCUT2D eigenvalue weighted by atomic mass is 10.2. The van der Waals surface area contributed by atoms with Crippen LogP contribution in [0.3, 0.4) is 0 Å². The highest BCUT2D eigenvalue weighted by Gasteiger charge is 2.13. The van der Waals surface area contributed by atoms with E-state index in [4.69, 9.17) is 0 Å². The van der Waals surface area contributed by atoms with Crippen LogP contribution in [-0.2, 0) is 0 Å². The van der Waals surface area contributed by atoms with Gasteiger partial charge >= 0.3 is 0 Å². The fraction of sp³-hybridized carbons (Fsp3) is 0.750. The Morgan fingerprint density at radius 3 is 2.50 bits per heavy atom. The first-order valence-electron chi connectivity index (χ1n) is 3.96. The zero-order valence-electron chi connectivity index (χ0n) is 6.61. The summed E-state index contributed by atoms with van der Waals surface area (Å²) in [5.74, 6) is 0.951. The fourth-order valence-electron chi connectivity index (χ4n) is 1.39. The Hall–Kier alpha value is -0.660. The molecular weight excluding hydrogens is 124 g/mol. The van der Waals surface area contributed by atoms with Crippen LogP contribution in [0.2, 0.25) is 0 Å². The maximum absolute atomic E-state index is 3.81. The molecule has 1 fully saturated rings. The minimum atomic E-state index is 0.681. The summed E-state index contributed by atoms with van der Waals surface area (Å²) in [7, 11) is 1.89. The molecule has 0 unspecified atom stereocenters. The van der Waals surface area contributed by atoms with E-state index in [9.17, 15) is 0 Å². The molecule has 0 heterocycles. The minimum absolute atomic E-state index is 0.681. The molecule has 0 aliphatic heterocycles. The number of nitrogens with one attached hydrogen (secondary N) is 2. The van der Waals surface area contributed by atoms with Gasteiger partial charge in [-0.25, -0.2) is 0 Å². The highest BCUT2D eigenvalue weighted by atomic mass is 15.1. The van der Waals surface area contributed by atoms with Crippen molar-refractivity contribution in [2.45, 2.75) is 31.7 Å². The number of hydrogen-bond donors (Lipinski definition) is 2. The van der Waals surface area contributed by atoms with E-state index in [1.165, 1.54) is 25.7 Å². The van der Waals surface area contributed by atoms with Crippen LogP contribution in [0.25, 0.3) is 0 Å². The van der Waals surface area contributed by atoms with Crippen molar-refractivity contribution in [3.05, 3.63) is 12.4 Å². The maximum Gasteiger partial charge on any atom is 0.0911 e. The van der Waals surface area contributed by atoms with Gasteiger partial charge in [0.15, 0.2) is 0 Å². The van der Waals surface area contributed by atoms with Gasteiger partial charge in [0.05, 0.1) is 5.82 Å². The van der Waals surface area contributed by atoms with Crippen LogP contribution in [0.15, 0.2) is 12.4 Å². The van der Waals surface area contributed by atoms with E-state index >= 15 is 0 Å². The predicted octanol–water partition coefficient (Wildman–Crippen LogP) is 1.21. The molecule has 0 spiro atoms. The third kappa shape index (κ3) is 1.94. The summed E-state index contributed by atoms with van der Waals surface area (Å²) in [5, 5.41) is 6.31. The molecule has 1 aliphatic carbocycles. The van der Waals surface area contributed by atoms with Crippen LogP contribution in [-0.4, -0.2) is 13.1 Å². The first-order valence-corrected chi connectivity index (χ1v) is 3.96. The second-order valence-corrected chi connectivity index (χ2v) is 2.85. The van der Waals surface area contributed by atoms with E-state index < -0.39 is 0 Å². The minimum Gasteiger partial charge on any atom is -0.375 e. The molecule has 0 amide bonds. The molecule has 1 aliphatic rings. The molecule has 2 nitrogen and oxygen atoms in total. The van der Waals surface area contributed by atoms with Crippen molar-refractivity contribution in [3.63, 3.8) is 0 Å². The maximum atomic E-state index is 3.81. The van der Waals surface area contributed by atoms with Gasteiger partial charge in [-0.05, 0) is 12.8 Å². The zero-order valence-corrected chi connectivity index (χ0v) is 6.61. The SMILES string of the molecule is C=C(NC)NC1CCCC1. The molecule has 10 heavy (non-hydrogen) atoms. The molecule has 2 heteroatoms. The van der Waals surface area contributed by atoms with Crippen LogP contribution < -0.4 is 10.6 Å². The molecule has 58 valence electrons. The highest BCUT2D eigenvalue weighted by molar-refractivity contribution is 4.91. The predicted molar refractivity (Wildman–Crippen MR) is 43.6 cm³/mol. The van der Waals surface area contributed by atoms with Crippen molar-refractivity contribution in [1.29, 1.82) is 0 Å². The molecule has 0 radical (unpaired) electrons. The Balaban J connectivity index is 2.17. The van der Waals surface area contributed by atoms with Crippen molar-refractivity contribution in [1.82, 2.24) is 10.6 Å². The average Bonchev–Trinajstić information content (AvgIpc) is 2.40. The fourth-order valence-corrected chi connectivity index (χ4v) is 1.39. The summed E-state index contributed by atoms with van der Waals surface area (Å²) in [6, 6.07) is 0.681. The quantitative estimate of drug-likeness (QED) is 0.615. The van der Waals surface area contributed by atoms with Crippen LogP contribution >= 0.6 is 0 Å². The Morgan fingerprint density at radius 1 is 1.40 bits per heavy atom. The third-order valence-electron chi connectivity index (χ3n) is 2.04. The largest absolute Gasteiger partial charge is 0.375 e. The molecule has 0 aromatic carbocycles. The Kier molecular flexibility index (Phi) is 2.60. The molecular formula is C8H16N2. The second kappa shape index (κ2) is 3.49. The molecule has 0 atom stereocenters. The molecule has 0 aromatic rings. The molecule has 0 saturated heterocycles. The van der Waals surface area contributed by atoms with Crippen molar-refractivity contribution >= 4 is 0 Å². The van der Waals surface area contributed by atoms with Gasteiger partial charge in [-0.3, -0.25) is 0 Å². The lowest BCUT2D eigenvalue weighted by Gasteiger charge is -2.14. The lowest BCUT2D eigenvalue weighted by molar-refractivity contribution is 0.564. The van der Waals surface area contributed by atoms with E-state index in [1.54, 1.807) is 0 Å². The van der Waals surface area contributed by atoms with Gasteiger partial charge in [0.25, 0.3) is 0 Å². The Bertz CT molecular complexity index is 114. The van der Waals surface area contributed by atoms with E-state index in [0.29, 0.717) is 6.04 Å². The monoisotopic (exact) mass is 140 g/mol. The van der Waals surface area contributed by atoms with E-state index in [0.717, 1.165) is 5.82 Å². The van der Waals surface area contributed by atoms with E-state index in [-0.39, 0.29) is 0 Å². The normalized spacial score (nSPS) is 18.9. The Labute approximate surface area is 62.7 Å². The summed E-state index contributed by atoms with van der Waals surface area (Å²) in [6.45, 7) is 3.81. The first-order chi connectivity index (χ1) is 4.83. The number of rotatable bonds is 3. The van der Waals surface area contributed by atoms with E-state index in [1.807, 2.05) is 7.05 Å². The van der Waals surface area contributed by atoms with Gasteiger partial charge in [-0.2, -0.15) is 0 Å². The van der Waals surface area contributed by atoms with Crippen LogP contribution in [0.5, 0.6) is 0 Å². The van der Waals surface area contributed by atoms with Crippen molar-refractivity contribution in [3.8, 4) is 0 Å². The zero-order chi connectivity index (χ0) is 7.40. The van der Waals surface area contributed by atoms with Gasteiger partial charge < -0.3 is 10.6 Å². The van der Waals surface area contributed by atoms with Gasteiger partial charge in [-0.15, -0.1) is 0 Å². The highest BCUT2D eigenvalue weighted by Crippen LogP contribution is 2.17. The standard InChI is InChI=1S/C8H16N2/c1-7(9-2)10-8-5-3-4-6-8/h8-10H,1,3-6H2,2H3. The topological polar surface area (TPSA) is 24.1 Å². The van der Waals surface area contributed by atoms with E-state index in [2.05, 4.69) is 17.2 Å². The molecule has 1 saturated carbocycles. The molecule has 2 N–H and O–H groups in total. The third-order valence-corrected chi connectivity index (χ3v) is 2.04. The summed E-state index contributed by atoms with van der Waals surface area (Å²) in [5.41, 5.74) is 0. The summed E-state index contributed by atoms with van der Waals surface area (Å²) in [6.07, 6.45) is 5.35. The first kappa shape index (κ1) is 7.45. The Morgan fingerprint density at radius 2 is 2.00 bits per heavy atom. The van der Waals surface area contributed by atoms with Gasteiger partial charge in [0.2, 0.25) is 0 Å². The van der Waals surface area contributed by atoms with Gasteiger partial charge in [0.1, 0.15) is 0 Å².